The Morgan fingerprint density at radius 3 is 2.89 bits per heavy atom. The fraction of sp³-hybridized carbons (Fsp3) is 0.533. The van der Waals surface area contributed by atoms with Gasteiger partial charge in [-0.1, -0.05) is 29.8 Å². The number of carbonyl (C=O) groups is 1. The van der Waals surface area contributed by atoms with E-state index in [0.717, 1.165) is 30.0 Å². The van der Waals surface area contributed by atoms with E-state index in [9.17, 15) is 4.79 Å². The summed E-state index contributed by atoms with van der Waals surface area (Å²) in [5.41, 5.74) is 6.79. The number of hydrogen-bond acceptors (Lipinski definition) is 2. The molecule has 1 atom stereocenters. The van der Waals surface area contributed by atoms with Crippen LogP contribution in [0.25, 0.3) is 0 Å². The Labute approximate surface area is 119 Å². The van der Waals surface area contributed by atoms with Crippen LogP contribution in [0.4, 0.5) is 0 Å². The van der Waals surface area contributed by atoms with Gasteiger partial charge in [0, 0.05) is 30.6 Å². The number of benzene rings is 1. The molecule has 1 amide bonds. The third kappa shape index (κ3) is 3.71. The highest BCUT2D eigenvalue weighted by molar-refractivity contribution is 6.31. The molecule has 1 heterocycles. The zero-order valence-corrected chi connectivity index (χ0v) is 11.9. The van der Waals surface area contributed by atoms with Gasteiger partial charge < -0.3 is 10.6 Å². The van der Waals surface area contributed by atoms with Gasteiger partial charge in [-0.3, -0.25) is 4.79 Å². The fourth-order valence-electron chi connectivity index (χ4n) is 2.66. The van der Waals surface area contributed by atoms with Crippen LogP contribution in [0.5, 0.6) is 0 Å². The second kappa shape index (κ2) is 6.92. The van der Waals surface area contributed by atoms with Crippen molar-refractivity contribution in [2.24, 2.45) is 5.73 Å². The van der Waals surface area contributed by atoms with Crippen molar-refractivity contribution in [2.45, 2.75) is 38.1 Å². The van der Waals surface area contributed by atoms with Crippen LogP contribution in [0, 0.1) is 0 Å². The number of likely N-dealkylation sites (tertiary alicyclic amines) is 1. The van der Waals surface area contributed by atoms with Crippen LogP contribution in [-0.2, 0) is 11.2 Å². The molecule has 0 unspecified atom stereocenters. The maximum Gasteiger partial charge on any atom is 0.223 e. The second-order valence-corrected chi connectivity index (χ2v) is 5.47. The standard InChI is InChI=1S/C15H21ClN2O/c16-14-7-2-1-5-12(14)8-9-15(19)18-10-4-3-6-13(18)11-17/h1-2,5,7,13H,3-4,6,8-11,17H2/t13-/m0/s1. The van der Waals surface area contributed by atoms with E-state index in [1.54, 1.807) is 0 Å². The second-order valence-electron chi connectivity index (χ2n) is 5.06. The van der Waals surface area contributed by atoms with Gasteiger partial charge in [0.15, 0.2) is 0 Å². The molecule has 0 bridgehead atoms. The van der Waals surface area contributed by atoms with E-state index in [1.165, 1.54) is 6.42 Å². The lowest BCUT2D eigenvalue weighted by atomic mass is 10.0. The number of nitrogens with zero attached hydrogens (tertiary/aromatic N) is 1. The van der Waals surface area contributed by atoms with Crippen LogP contribution in [-0.4, -0.2) is 29.9 Å². The first-order chi connectivity index (χ1) is 9.22. The summed E-state index contributed by atoms with van der Waals surface area (Å²) >= 11 is 6.10. The summed E-state index contributed by atoms with van der Waals surface area (Å²) in [6.45, 7) is 1.42. The fourth-order valence-corrected chi connectivity index (χ4v) is 2.89. The summed E-state index contributed by atoms with van der Waals surface area (Å²) in [6, 6.07) is 7.93. The van der Waals surface area contributed by atoms with Crippen molar-refractivity contribution in [3.05, 3.63) is 34.9 Å². The Morgan fingerprint density at radius 2 is 2.16 bits per heavy atom. The molecule has 1 aromatic rings. The molecule has 0 radical (unpaired) electrons. The molecule has 104 valence electrons. The lowest BCUT2D eigenvalue weighted by Gasteiger charge is -2.35. The van der Waals surface area contributed by atoms with Gasteiger partial charge in [0.25, 0.3) is 0 Å². The van der Waals surface area contributed by atoms with Gasteiger partial charge in [0.05, 0.1) is 0 Å². The highest BCUT2D eigenvalue weighted by Gasteiger charge is 2.25. The first kappa shape index (κ1) is 14.4. The minimum absolute atomic E-state index is 0.204. The summed E-state index contributed by atoms with van der Waals surface area (Å²) < 4.78 is 0. The normalized spacial score (nSPS) is 19.5. The average molecular weight is 281 g/mol. The largest absolute Gasteiger partial charge is 0.338 e. The molecule has 1 aliphatic rings. The van der Waals surface area contributed by atoms with E-state index in [4.69, 9.17) is 17.3 Å². The van der Waals surface area contributed by atoms with Crippen LogP contribution in [0.1, 0.15) is 31.2 Å². The monoisotopic (exact) mass is 280 g/mol. The van der Waals surface area contributed by atoms with E-state index in [0.29, 0.717) is 19.4 Å². The zero-order chi connectivity index (χ0) is 13.7. The first-order valence-corrected chi connectivity index (χ1v) is 7.33. The minimum atomic E-state index is 0.204. The van der Waals surface area contributed by atoms with Gasteiger partial charge in [-0.25, -0.2) is 0 Å². The summed E-state index contributed by atoms with van der Waals surface area (Å²) in [7, 11) is 0. The molecule has 0 aromatic heterocycles. The quantitative estimate of drug-likeness (QED) is 0.921. The number of carbonyl (C=O) groups excluding carboxylic acids is 1. The molecule has 0 spiro atoms. The molecular formula is C15H21ClN2O. The molecule has 1 aromatic carbocycles. The number of piperidine rings is 1. The number of nitrogens with two attached hydrogens (primary N) is 1. The number of hydrogen-bond donors (Lipinski definition) is 1. The summed E-state index contributed by atoms with van der Waals surface area (Å²) in [5.74, 6) is 0.204. The Balaban J connectivity index is 1.92. The molecule has 19 heavy (non-hydrogen) atoms. The van der Waals surface area contributed by atoms with E-state index >= 15 is 0 Å². The van der Waals surface area contributed by atoms with Gasteiger partial charge >= 0.3 is 0 Å². The number of rotatable bonds is 4. The molecule has 2 rings (SSSR count). The predicted molar refractivity (Wildman–Crippen MR) is 78.2 cm³/mol. The maximum absolute atomic E-state index is 12.3. The van der Waals surface area contributed by atoms with Crippen LogP contribution in [0.3, 0.4) is 0 Å². The number of amides is 1. The molecular weight excluding hydrogens is 260 g/mol. The molecule has 4 heteroatoms. The van der Waals surface area contributed by atoms with Crippen molar-refractivity contribution in [3.63, 3.8) is 0 Å². The Kier molecular flexibility index (Phi) is 5.23. The van der Waals surface area contributed by atoms with Crippen LogP contribution >= 0.6 is 11.6 Å². The SMILES string of the molecule is NC[C@@H]1CCCCN1C(=O)CCc1ccccc1Cl. The van der Waals surface area contributed by atoms with E-state index < -0.39 is 0 Å². The topological polar surface area (TPSA) is 46.3 Å². The van der Waals surface area contributed by atoms with Gasteiger partial charge in [-0.05, 0) is 37.3 Å². The molecule has 1 aliphatic heterocycles. The van der Waals surface area contributed by atoms with Crippen LogP contribution in [0.15, 0.2) is 24.3 Å². The van der Waals surface area contributed by atoms with Gasteiger partial charge in [0.1, 0.15) is 0 Å². The third-order valence-corrected chi connectivity index (χ3v) is 4.15. The highest BCUT2D eigenvalue weighted by atomic mass is 35.5. The minimum Gasteiger partial charge on any atom is -0.338 e. The summed E-state index contributed by atoms with van der Waals surface area (Å²) in [5, 5.41) is 0.740. The van der Waals surface area contributed by atoms with Crippen molar-refractivity contribution in [1.82, 2.24) is 4.90 Å². The molecule has 2 N–H and O–H groups in total. The number of aryl methyl sites for hydroxylation is 1. The van der Waals surface area contributed by atoms with Crippen LogP contribution < -0.4 is 5.73 Å². The first-order valence-electron chi connectivity index (χ1n) is 6.95. The van der Waals surface area contributed by atoms with Crippen molar-refractivity contribution in [3.8, 4) is 0 Å². The molecule has 1 saturated heterocycles. The Bertz CT molecular complexity index is 436. The third-order valence-electron chi connectivity index (χ3n) is 3.79. The van der Waals surface area contributed by atoms with E-state index in [-0.39, 0.29) is 11.9 Å². The van der Waals surface area contributed by atoms with Crippen molar-refractivity contribution < 1.29 is 4.79 Å². The molecule has 0 aliphatic carbocycles. The number of halogens is 1. The molecule has 3 nitrogen and oxygen atoms in total. The molecule has 1 fully saturated rings. The lowest BCUT2D eigenvalue weighted by Crippen LogP contribution is -2.47. The molecule has 0 saturated carbocycles. The van der Waals surface area contributed by atoms with Crippen LogP contribution in [0.2, 0.25) is 5.02 Å². The highest BCUT2D eigenvalue weighted by Crippen LogP contribution is 2.20. The van der Waals surface area contributed by atoms with E-state index in [2.05, 4.69) is 0 Å². The van der Waals surface area contributed by atoms with Gasteiger partial charge in [-0.2, -0.15) is 0 Å². The Morgan fingerprint density at radius 1 is 1.37 bits per heavy atom. The predicted octanol–water partition coefficient (Wildman–Crippen LogP) is 2.61. The average Bonchev–Trinajstić information content (AvgIpc) is 2.46. The van der Waals surface area contributed by atoms with E-state index in [1.807, 2.05) is 29.2 Å². The van der Waals surface area contributed by atoms with Gasteiger partial charge in [-0.15, -0.1) is 0 Å². The Hall–Kier alpha value is -1.06. The van der Waals surface area contributed by atoms with Crippen molar-refractivity contribution in [2.75, 3.05) is 13.1 Å². The maximum atomic E-state index is 12.3. The van der Waals surface area contributed by atoms with Crippen molar-refractivity contribution >= 4 is 17.5 Å². The van der Waals surface area contributed by atoms with Gasteiger partial charge in [0.2, 0.25) is 5.91 Å². The summed E-state index contributed by atoms with van der Waals surface area (Å²) in [6.07, 6.45) is 4.52. The smallest absolute Gasteiger partial charge is 0.223 e. The zero-order valence-electron chi connectivity index (χ0n) is 11.1. The van der Waals surface area contributed by atoms with Crippen molar-refractivity contribution in [1.29, 1.82) is 0 Å². The summed E-state index contributed by atoms with van der Waals surface area (Å²) in [4.78, 5) is 14.2. The lowest BCUT2D eigenvalue weighted by molar-refractivity contribution is -0.134.